The zero-order valence-electron chi connectivity index (χ0n) is 26.7. The highest BCUT2D eigenvalue weighted by Crippen LogP contribution is 2.48. The van der Waals surface area contributed by atoms with Crippen molar-refractivity contribution in [2.45, 2.75) is 19.3 Å². The second-order valence-corrected chi connectivity index (χ2v) is 13.1. The van der Waals surface area contributed by atoms with Crippen LogP contribution in [-0.2, 0) is 0 Å². The quantitative estimate of drug-likeness (QED) is 0.193. The Morgan fingerprint density at radius 1 is 0.646 bits per heavy atom. The van der Waals surface area contributed by atoms with Crippen molar-refractivity contribution >= 4 is 44.2 Å². The van der Waals surface area contributed by atoms with Crippen molar-refractivity contribution in [3.05, 3.63) is 180 Å². The molecular weight excluding hydrogens is 581 g/mol. The van der Waals surface area contributed by atoms with Gasteiger partial charge in [0.05, 0.1) is 16.7 Å². The van der Waals surface area contributed by atoms with Crippen LogP contribution in [0.4, 0.5) is 0 Å². The summed E-state index contributed by atoms with van der Waals surface area (Å²) in [7, 11) is 0. The number of para-hydroxylation sites is 2. The van der Waals surface area contributed by atoms with E-state index >= 15 is 0 Å². The molecular formula is C46H32N2. The highest BCUT2D eigenvalue weighted by atomic mass is 15.0. The Hall–Kier alpha value is -5.99. The molecule has 1 unspecified atom stereocenters. The van der Waals surface area contributed by atoms with Crippen molar-refractivity contribution < 1.29 is 0 Å². The molecule has 2 aromatic heterocycles. The van der Waals surface area contributed by atoms with Gasteiger partial charge in [-0.3, -0.25) is 4.98 Å². The van der Waals surface area contributed by atoms with Gasteiger partial charge in [0, 0.05) is 34.1 Å². The Labute approximate surface area is 280 Å². The van der Waals surface area contributed by atoms with Gasteiger partial charge in [0.1, 0.15) is 0 Å². The number of fused-ring (bicyclic) bond motifs is 3. The average molecular weight is 613 g/mol. The minimum Gasteiger partial charge on any atom is -0.309 e. The molecule has 1 atom stereocenters. The Morgan fingerprint density at radius 3 is 2.06 bits per heavy atom. The summed E-state index contributed by atoms with van der Waals surface area (Å²) in [5, 5.41) is 5.28. The first-order chi connectivity index (χ1) is 23.7. The molecule has 6 aromatic carbocycles. The molecule has 0 saturated heterocycles. The van der Waals surface area contributed by atoms with Crippen LogP contribution < -0.4 is 0 Å². The van der Waals surface area contributed by atoms with Gasteiger partial charge in [0.2, 0.25) is 0 Å². The molecule has 0 fully saturated rings. The fourth-order valence-electron chi connectivity index (χ4n) is 8.28. The van der Waals surface area contributed by atoms with Gasteiger partial charge in [0.15, 0.2) is 0 Å². The van der Waals surface area contributed by atoms with Crippen molar-refractivity contribution in [3.8, 4) is 28.1 Å². The molecule has 0 saturated carbocycles. The monoisotopic (exact) mass is 612 g/mol. The van der Waals surface area contributed by atoms with Crippen molar-refractivity contribution in [1.29, 1.82) is 0 Å². The van der Waals surface area contributed by atoms with E-state index in [0.717, 1.165) is 12.1 Å². The van der Waals surface area contributed by atoms with Gasteiger partial charge < -0.3 is 4.57 Å². The van der Waals surface area contributed by atoms with Crippen LogP contribution in [0.2, 0.25) is 0 Å². The van der Waals surface area contributed by atoms with Gasteiger partial charge in [0.25, 0.3) is 0 Å². The zero-order valence-corrected chi connectivity index (χ0v) is 26.7. The van der Waals surface area contributed by atoms with Crippen molar-refractivity contribution in [3.63, 3.8) is 0 Å². The third-order valence-corrected chi connectivity index (χ3v) is 10.5. The molecule has 0 radical (unpaired) electrons. The molecule has 2 aliphatic carbocycles. The van der Waals surface area contributed by atoms with E-state index in [1.165, 1.54) is 88.3 Å². The summed E-state index contributed by atoms with van der Waals surface area (Å²) in [6, 6.07) is 48.8. The maximum absolute atomic E-state index is 4.60. The zero-order chi connectivity index (χ0) is 31.8. The lowest BCUT2D eigenvalue weighted by Crippen LogP contribution is -2.10. The first kappa shape index (κ1) is 27.2. The number of aromatic nitrogens is 2. The number of hydrogen-bond donors (Lipinski definition) is 0. The molecule has 226 valence electrons. The van der Waals surface area contributed by atoms with E-state index in [1.807, 2.05) is 12.3 Å². The summed E-state index contributed by atoms with van der Waals surface area (Å²) in [5.74, 6) is 0.391. The second kappa shape index (κ2) is 10.5. The lowest BCUT2D eigenvalue weighted by molar-refractivity contribution is 0.856. The first-order valence-electron chi connectivity index (χ1n) is 16.8. The summed E-state index contributed by atoms with van der Waals surface area (Å²) in [4.78, 5) is 4.60. The van der Waals surface area contributed by atoms with Crippen LogP contribution in [0.25, 0.3) is 72.3 Å². The molecule has 0 N–H and O–H groups in total. The molecule has 48 heavy (non-hydrogen) atoms. The molecule has 0 aliphatic heterocycles. The fraction of sp³-hybridized carbons (Fsp3) is 0.0652. The molecule has 8 aromatic rings. The van der Waals surface area contributed by atoms with Crippen LogP contribution >= 0.6 is 0 Å². The second-order valence-electron chi connectivity index (χ2n) is 13.1. The summed E-state index contributed by atoms with van der Waals surface area (Å²) >= 11 is 0. The van der Waals surface area contributed by atoms with Crippen LogP contribution in [0, 0.1) is 6.92 Å². The summed E-state index contributed by atoms with van der Waals surface area (Å²) in [5.41, 5.74) is 16.4. The number of benzene rings is 6. The lowest BCUT2D eigenvalue weighted by atomic mass is 9.74. The smallest absolute Gasteiger partial charge is 0.0704 e. The number of aryl methyl sites for hydroxylation is 1. The van der Waals surface area contributed by atoms with Crippen molar-refractivity contribution in [2.75, 3.05) is 0 Å². The Morgan fingerprint density at radius 2 is 1.33 bits per heavy atom. The van der Waals surface area contributed by atoms with E-state index in [-0.39, 0.29) is 0 Å². The number of rotatable bonds is 4. The van der Waals surface area contributed by atoms with Crippen LogP contribution in [-0.4, -0.2) is 9.55 Å². The van der Waals surface area contributed by atoms with Gasteiger partial charge in [-0.1, -0.05) is 115 Å². The molecule has 2 heterocycles. The van der Waals surface area contributed by atoms with E-state index in [2.05, 4.69) is 162 Å². The summed E-state index contributed by atoms with van der Waals surface area (Å²) in [6.07, 6.45) is 10.1. The van der Waals surface area contributed by atoms with Gasteiger partial charge in [-0.05, 0) is 105 Å². The average Bonchev–Trinajstić information content (AvgIpc) is 3.48. The van der Waals surface area contributed by atoms with Gasteiger partial charge in [-0.25, -0.2) is 0 Å². The van der Waals surface area contributed by atoms with Gasteiger partial charge >= 0.3 is 0 Å². The minimum atomic E-state index is 0.391. The molecule has 0 bridgehead atoms. The predicted octanol–water partition coefficient (Wildman–Crippen LogP) is 11.9. The predicted molar refractivity (Wildman–Crippen MR) is 202 cm³/mol. The van der Waals surface area contributed by atoms with E-state index in [1.54, 1.807) is 0 Å². The van der Waals surface area contributed by atoms with Crippen LogP contribution in [0.5, 0.6) is 0 Å². The fourth-order valence-corrected chi connectivity index (χ4v) is 8.28. The Kier molecular flexibility index (Phi) is 5.95. The molecule has 0 spiro atoms. The maximum atomic E-state index is 4.60. The largest absolute Gasteiger partial charge is 0.309 e. The SMILES string of the molecule is Cc1cc(C2=CCC3C=Cc4c(-c5ccc(-n6c7ccccc7c7ccccc76)cc5)ccc5ccc2c3c45)ccc1-c1ccccn1. The van der Waals surface area contributed by atoms with E-state index in [4.69, 9.17) is 0 Å². The third kappa shape index (κ3) is 4.02. The topological polar surface area (TPSA) is 17.8 Å². The number of allylic oxidation sites excluding steroid dienone is 2. The third-order valence-electron chi connectivity index (χ3n) is 10.5. The van der Waals surface area contributed by atoms with Crippen molar-refractivity contribution in [2.24, 2.45) is 0 Å². The molecule has 0 amide bonds. The van der Waals surface area contributed by atoms with E-state index in [9.17, 15) is 0 Å². The standard InChI is InChI=1S/C46H32N2/c1-29-28-33(19-22-35(29)42-10-6-7-27-47-42)37-24-16-32-17-25-40-36(23-15-31-18-26-41(37)46(32)45(31)40)30-13-20-34(21-14-30)48-43-11-4-2-8-38(43)39-9-3-5-12-44(39)48/h2-15,17-28,32H,16H2,1H3. The van der Waals surface area contributed by atoms with E-state index < -0.39 is 0 Å². The summed E-state index contributed by atoms with van der Waals surface area (Å²) < 4.78 is 2.39. The minimum absolute atomic E-state index is 0.391. The Balaban J connectivity index is 1.07. The van der Waals surface area contributed by atoms with Crippen LogP contribution in [0.15, 0.2) is 152 Å². The molecule has 2 nitrogen and oxygen atoms in total. The highest BCUT2D eigenvalue weighted by molar-refractivity contribution is 6.09. The number of nitrogens with zero attached hydrogens (tertiary/aromatic N) is 2. The van der Waals surface area contributed by atoms with Gasteiger partial charge in [-0.2, -0.15) is 0 Å². The normalized spacial score (nSPS) is 14.9. The van der Waals surface area contributed by atoms with Gasteiger partial charge in [-0.15, -0.1) is 0 Å². The Bertz CT molecular complexity index is 2580. The molecule has 2 aliphatic rings. The van der Waals surface area contributed by atoms with Crippen molar-refractivity contribution in [1.82, 2.24) is 9.55 Å². The molecule has 2 heteroatoms. The number of hydrogen-bond acceptors (Lipinski definition) is 1. The lowest BCUT2D eigenvalue weighted by Gasteiger charge is -2.30. The number of pyridine rings is 1. The van der Waals surface area contributed by atoms with Crippen LogP contribution in [0.3, 0.4) is 0 Å². The maximum Gasteiger partial charge on any atom is 0.0704 e. The highest BCUT2D eigenvalue weighted by Gasteiger charge is 2.27. The summed E-state index contributed by atoms with van der Waals surface area (Å²) in [6.45, 7) is 2.20. The van der Waals surface area contributed by atoms with Crippen LogP contribution in [0.1, 0.15) is 40.2 Å². The van der Waals surface area contributed by atoms with E-state index in [0.29, 0.717) is 5.92 Å². The molecule has 10 rings (SSSR count). The first-order valence-corrected chi connectivity index (χ1v) is 16.8.